The lowest BCUT2D eigenvalue weighted by Crippen LogP contribution is -2.42. The Kier molecular flexibility index (Phi) is 1.63. The van der Waals surface area contributed by atoms with Gasteiger partial charge in [-0.05, 0) is 32.6 Å². The fourth-order valence-corrected chi connectivity index (χ4v) is 2.42. The van der Waals surface area contributed by atoms with Gasteiger partial charge < -0.3 is 4.90 Å². The highest BCUT2D eigenvalue weighted by Gasteiger charge is 2.36. The van der Waals surface area contributed by atoms with Crippen molar-refractivity contribution >= 4 is 5.91 Å². The largest absolute Gasteiger partial charge is 0.337 e. The number of amides is 1. The molecule has 2 fully saturated rings. The van der Waals surface area contributed by atoms with E-state index in [4.69, 9.17) is 0 Å². The standard InChI is InChI=1S/C9H15NO/c1-7-5-6-8-3-2-4-9(11)10(7)8/h7-8H,2-6H2,1H3. The molecule has 0 spiro atoms. The molecule has 2 nitrogen and oxygen atoms in total. The lowest BCUT2D eigenvalue weighted by molar-refractivity contribution is -0.136. The lowest BCUT2D eigenvalue weighted by atomic mass is 10.0. The van der Waals surface area contributed by atoms with Crippen molar-refractivity contribution in [3.05, 3.63) is 0 Å². The van der Waals surface area contributed by atoms with E-state index in [1.165, 1.54) is 19.3 Å². The average Bonchev–Trinajstić information content (AvgIpc) is 2.34. The third-order valence-electron chi connectivity index (χ3n) is 3.00. The van der Waals surface area contributed by atoms with Crippen molar-refractivity contribution in [1.82, 2.24) is 4.90 Å². The molecular weight excluding hydrogens is 138 g/mol. The maximum Gasteiger partial charge on any atom is 0.223 e. The number of fused-ring (bicyclic) bond motifs is 1. The van der Waals surface area contributed by atoms with Crippen molar-refractivity contribution in [1.29, 1.82) is 0 Å². The fraction of sp³-hybridized carbons (Fsp3) is 0.889. The molecule has 0 aromatic carbocycles. The Balaban J connectivity index is 2.14. The van der Waals surface area contributed by atoms with Gasteiger partial charge in [-0.25, -0.2) is 0 Å². The van der Waals surface area contributed by atoms with Gasteiger partial charge in [0.1, 0.15) is 0 Å². The summed E-state index contributed by atoms with van der Waals surface area (Å²) >= 11 is 0. The normalized spacial score (nSPS) is 37.5. The summed E-state index contributed by atoms with van der Waals surface area (Å²) in [6.45, 7) is 2.17. The molecule has 2 heterocycles. The molecule has 2 aliphatic heterocycles. The molecule has 0 aliphatic carbocycles. The predicted molar refractivity (Wildman–Crippen MR) is 43.2 cm³/mol. The van der Waals surface area contributed by atoms with Gasteiger partial charge in [0.2, 0.25) is 5.91 Å². The van der Waals surface area contributed by atoms with Crippen LogP contribution in [-0.2, 0) is 4.79 Å². The molecule has 0 aromatic heterocycles. The first-order chi connectivity index (χ1) is 5.29. The van der Waals surface area contributed by atoms with E-state index in [1.807, 2.05) is 0 Å². The first-order valence-electron chi connectivity index (χ1n) is 4.60. The topological polar surface area (TPSA) is 20.3 Å². The predicted octanol–water partition coefficient (Wildman–Crippen LogP) is 1.55. The molecule has 2 unspecified atom stereocenters. The molecule has 0 bridgehead atoms. The van der Waals surface area contributed by atoms with E-state index in [2.05, 4.69) is 11.8 Å². The summed E-state index contributed by atoms with van der Waals surface area (Å²) in [5, 5.41) is 0. The Morgan fingerprint density at radius 3 is 2.91 bits per heavy atom. The summed E-state index contributed by atoms with van der Waals surface area (Å²) in [6.07, 6.45) is 5.62. The Hall–Kier alpha value is -0.530. The highest BCUT2D eigenvalue weighted by atomic mass is 16.2. The molecule has 2 heteroatoms. The van der Waals surface area contributed by atoms with Crippen LogP contribution in [0.3, 0.4) is 0 Å². The van der Waals surface area contributed by atoms with Crippen LogP contribution in [0.15, 0.2) is 0 Å². The first kappa shape index (κ1) is 7.14. The van der Waals surface area contributed by atoms with Crippen molar-refractivity contribution < 1.29 is 4.79 Å². The van der Waals surface area contributed by atoms with Crippen molar-refractivity contribution in [2.24, 2.45) is 0 Å². The second kappa shape index (κ2) is 2.50. The van der Waals surface area contributed by atoms with Gasteiger partial charge in [-0.3, -0.25) is 4.79 Å². The van der Waals surface area contributed by atoms with Crippen LogP contribution in [0.1, 0.15) is 39.0 Å². The van der Waals surface area contributed by atoms with Crippen molar-refractivity contribution in [3.63, 3.8) is 0 Å². The van der Waals surface area contributed by atoms with Crippen LogP contribution in [0.5, 0.6) is 0 Å². The number of piperidine rings is 1. The van der Waals surface area contributed by atoms with E-state index in [9.17, 15) is 4.79 Å². The maximum absolute atomic E-state index is 11.4. The summed E-state index contributed by atoms with van der Waals surface area (Å²) in [5.74, 6) is 0.395. The summed E-state index contributed by atoms with van der Waals surface area (Å²) in [4.78, 5) is 13.5. The number of carbonyl (C=O) groups excluding carboxylic acids is 1. The Bertz CT molecular complexity index is 176. The lowest BCUT2D eigenvalue weighted by Gasteiger charge is -2.32. The van der Waals surface area contributed by atoms with Gasteiger partial charge in [0.15, 0.2) is 0 Å². The molecule has 0 saturated carbocycles. The monoisotopic (exact) mass is 153 g/mol. The quantitative estimate of drug-likeness (QED) is 0.517. The molecule has 2 atom stereocenters. The second-order valence-corrected chi connectivity index (χ2v) is 3.77. The molecule has 1 amide bonds. The average molecular weight is 153 g/mol. The van der Waals surface area contributed by atoms with E-state index in [0.717, 1.165) is 12.8 Å². The summed E-state index contributed by atoms with van der Waals surface area (Å²) < 4.78 is 0. The number of carbonyl (C=O) groups is 1. The highest BCUT2D eigenvalue weighted by Crippen LogP contribution is 2.31. The van der Waals surface area contributed by atoms with Crippen LogP contribution >= 0.6 is 0 Å². The van der Waals surface area contributed by atoms with Gasteiger partial charge in [0.25, 0.3) is 0 Å². The molecule has 2 saturated heterocycles. The third-order valence-corrected chi connectivity index (χ3v) is 3.00. The summed E-state index contributed by atoms with van der Waals surface area (Å²) in [7, 11) is 0. The van der Waals surface area contributed by atoms with Gasteiger partial charge in [-0.1, -0.05) is 0 Å². The molecule has 2 aliphatic rings. The van der Waals surface area contributed by atoms with Crippen molar-refractivity contribution in [3.8, 4) is 0 Å². The second-order valence-electron chi connectivity index (χ2n) is 3.77. The number of hydrogen-bond acceptors (Lipinski definition) is 1. The molecular formula is C9H15NO. The van der Waals surface area contributed by atoms with Crippen LogP contribution in [0.25, 0.3) is 0 Å². The van der Waals surface area contributed by atoms with Crippen molar-refractivity contribution in [2.45, 2.75) is 51.1 Å². The number of rotatable bonds is 0. The minimum Gasteiger partial charge on any atom is -0.337 e. The van der Waals surface area contributed by atoms with Gasteiger partial charge in [0, 0.05) is 18.5 Å². The van der Waals surface area contributed by atoms with E-state index in [1.54, 1.807) is 0 Å². The van der Waals surface area contributed by atoms with Gasteiger partial charge >= 0.3 is 0 Å². The fourth-order valence-electron chi connectivity index (χ4n) is 2.42. The zero-order chi connectivity index (χ0) is 7.84. The molecule has 0 aromatic rings. The molecule has 11 heavy (non-hydrogen) atoms. The molecule has 62 valence electrons. The highest BCUT2D eigenvalue weighted by molar-refractivity contribution is 5.77. The van der Waals surface area contributed by atoms with E-state index >= 15 is 0 Å². The zero-order valence-electron chi connectivity index (χ0n) is 7.05. The smallest absolute Gasteiger partial charge is 0.223 e. The van der Waals surface area contributed by atoms with Crippen LogP contribution < -0.4 is 0 Å². The first-order valence-corrected chi connectivity index (χ1v) is 4.60. The summed E-state index contributed by atoms with van der Waals surface area (Å²) in [6, 6.07) is 1.12. The van der Waals surface area contributed by atoms with E-state index in [-0.39, 0.29) is 0 Å². The zero-order valence-corrected chi connectivity index (χ0v) is 7.05. The Labute approximate surface area is 67.6 Å². The van der Waals surface area contributed by atoms with Crippen LogP contribution in [0, 0.1) is 0 Å². The third kappa shape index (κ3) is 1.05. The number of nitrogens with zero attached hydrogens (tertiary/aromatic N) is 1. The molecule has 0 radical (unpaired) electrons. The maximum atomic E-state index is 11.4. The summed E-state index contributed by atoms with van der Waals surface area (Å²) in [5.41, 5.74) is 0. The van der Waals surface area contributed by atoms with Crippen LogP contribution in [-0.4, -0.2) is 22.9 Å². The minimum atomic E-state index is 0.395. The number of hydrogen-bond donors (Lipinski definition) is 0. The van der Waals surface area contributed by atoms with Gasteiger partial charge in [-0.2, -0.15) is 0 Å². The van der Waals surface area contributed by atoms with Gasteiger partial charge in [-0.15, -0.1) is 0 Å². The molecule has 0 N–H and O–H groups in total. The van der Waals surface area contributed by atoms with E-state index in [0.29, 0.717) is 18.0 Å². The SMILES string of the molecule is CC1CCC2CCCC(=O)N12. The Morgan fingerprint density at radius 1 is 1.36 bits per heavy atom. The van der Waals surface area contributed by atoms with E-state index < -0.39 is 0 Å². The van der Waals surface area contributed by atoms with Crippen molar-refractivity contribution in [2.75, 3.05) is 0 Å². The van der Waals surface area contributed by atoms with Crippen LogP contribution in [0.4, 0.5) is 0 Å². The Morgan fingerprint density at radius 2 is 2.18 bits per heavy atom. The minimum absolute atomic E-state index is 0.395. The molecule has 2 rings (SSSR count). The van der Waals surface area contributed by atoms with Crippen LogP contribution in [0.2, 0.25) is 0 Å². The van der Waals surface area contributed by atoms with Gasteiger partial charge in [0.05, 0.1) is 0 Å².